The lowest BCUT2D eigenvalue weighted by Crippen LogP contribution is -2.36. The Labute approximate surface area is 156 Å². The van der Waals surface area contributed by atoms with E-state index in [1.807, 2.05) is 13.8 Å². The second kappa shape index (κ2) is 7.79. The summed E-state index contributed by atoms with van der Waals surface area (Å²) in [6.07, 6.45) is 1.71. The third-order valence-corrected chi connectivity index (χ3v) is 4.45. The van der Waals surface area contributed by atoms with Gasteiger partial charge < -0.3 is 25.6 Å². The Morgan fingerprint density at radius 3 is 2.89 bits per heavy atom. The van der Waals surface area contributed by atoms with Gasteiger partial charge in [-0.1, -0.05) is 0 Å². The van der Waals surface area contributed by atoms with Crippen LogP contribution < -0.4 is 20.5 Å². The van der Waals surface area contributed by atoms with Gasteiger partial charge in [0.2, 0.25) is 11.8 Å². The first-order valence-corrected chi connectivity index (χ1v) is 8.81. The largest absolute Gasteiger partial charge is 0.490 e. The van der Waals surface area contributed by atoms with Crippen molar-refractivity contribution < 1.29 is 24.2 Å². The van der Waals surface area contributed by atoms with E-state index in [9.17, 15) is 14.7 Å². The number of nitrogens with one attached hydrogen (secondary N) is 1. The van der Waals surface area contributed by atoms with E-state index >= 15 is 0 Å². The normalized spacial score (nSPS) is 19.3. The molecular formula is C19H23N3O5. The first-order valence-electron chi connectivity index (χ1n) is 8.81. The Bertz CT molecular complexity index is 868. The number of amides is 2. The maximum Gasteiger partial charge on any atom is 0.252 e. The zero-order chi connectivity index (χ0) is 19.6. The minimum absolute atomic E-state index is 0.0932. The summed E-state index contributed by atoms with van der Waals surface area (Å²) in [5.41, 5.74) is 5.76. The van der Waals surface area contributed by atoms with Gasteiger partial charge in [-0.15, -0.1) is 0 Å². The molecule has 1 fully saturated rings. The van der Waals surface area contributed by atoms with Crippen molar-refractivity contribution in [1.29, 1.82) is 0 Å². The number of hydrogen-bond donors (Lipinski definition) is 3. The van der Waals surface area contributed by atoms with Crippen LogP contribution in [0.3, 0.4) is 0 Å². The molecule has 2 amide bonds. The third-order valence-electron chi connectivity index (χ3n) is 4.45. The van der Waals surface area contributed by atoms with Crippen LogP contribution in [0.2, 0.25) is 0 Å². The lowest BCUT2D eigenvalue weighted by molar-refractivity contribution is -0.119. The number of aromatic nitrogens is 1. The summed E-state index contributed by atoms with van der Waals surface area (Å²) < 4.78 is 11.6. The summed E-state index contributed by atoms with van der Waals surface area (Å²) in [4.78, 5) is 27.6. The molecule has 3 rings (SSSR count). The van der Waals surface area contributed by atoms with Crippen LogP contribution in [0.15, 0.2) is 24.4 Å². The monoisotopic (exact) mass is 373 g/mol. The molecule has 0 radical (unpaired) electrons. The number of aliphatic hydroxyl groups excluding tert-OH is 1. The van der Waals surface area contributed by atoms with Gasteiger partial charge >= 0.3 is 0 Å². The summed E-state index contributed by atoms with van der Waals surface area (Å²) >= 11 is 0. The Balaban J connectivity index is 1.91. The van der Waals surface area contributed by atoms with E-state index in [0.29, 0.717) is 17.0 Å². The average Bonchev–Trinajstić information content (AvgIpc) is 2.98. The minimum atomic E-state index is -0.578. The molecule has 2 aromatic rings. The number of hydrogen-bond acceptors (Lipinski definition) is 6. The summed E-state index contributed by atoms with van der Waals surface area (Å²) in [6, 6.07) is 4.81. The van der Waals surface area contributed by atoms with Gasteiger partial charge in [0.25, 0.3) is 5.91 Å². The number of nitrogens with zero attached hydrogens (tertiary/aromatic N) is 1. The Hall–Kier alpha value is -2.87. The van der Waals surface area contributed by atoms with Crippen LogP contribution in [0.4, 0.5) is 0 Å². The van der Waals surface area contributed by atoms with Gasteiger partial charge in [0.15, 0.2) is 0 Å². The molecule has 1 aliphatic rings. The standard InChI is InChI=1S/C19H23N3O5/c1-10(2)27-16-7-13-11(5-14(16)18(20)25)3-4-21-19(13)26-9-15-12(8-23)6-17(24)22-15/h3-5,7,10,12,15,23H,6,8-9H2,1-2H3,(H2,20,25)(H,22,24)/t12?,15-/m1/s1. The molecule has 2 atom stereocenters. The van der Waals surface area contributed by atoms with E-state index in [0.717, 1.165) is 5.39 Å². The summed E-state index contributed by atoms with van der Waals surface area (Å²) in [6.45, 7) is 3.80. The van der Waals surface area contributed by atoms with Crippen LogP contribution in [-0.4, -0.2) is 47.3 Å². The van der Waals surface area contributed by atoms with Crippen molar-refractivity contribution in [2.45, 2.75) is 32.4 Å². The maximum absolute atomic E-state index is 11.8. The fourth-order valence-electron chi connectivity index (χ4n) is 3.14. The smallest absolute Gasteiger partial charge is 0.252 e. The lowest BCUT2D eigenvalue weighted by atomic mass is 10.0. The van der Waals surface area contributed by atoms with Gasteiger partial charge in [0.1, 0.15) is 12.4 Å². The molecule has 0 saturated carbocycles. The Kier molecular flexibility index (Phi) is 5.46. The molecule has 0 aliphatic carbocycles. The lowest BCUT2D eigenvalue weighted by Gasteiger charge is -2.18. The third kappa shape index (κ3) is 4.11. The Morgan fingerprint density at radius 1 is 1.44 bits per heavy atom. The van der Waals surface area contributed by atoms with E-state index in [2.05, 4.69) is 10.3 Å². The molecule has 2 heterocycles. The van der Waals surface area contributed by atoms with Gasteiger partial charge in [-0.05, 0) is 37.4 Å². The summed E-state index contributed by atoms with van der Waals surface area (Å²) in [5.74, 6) is -0.146. The fourth-order valence-corrected chi connectivity index (χ4v) is 3.14. The summed E-state index contributed by atoms with van der Waals surface area (Å²) in [5, 5.41) is 13.6. The number of carbonyl (C=O) groups excluding carboxylic acids is 2. The zero-order valence-corrected chi connectivity index (χ0v) is 15.3. The van der Waals surface area contributed by atoms with Crippen molar-refractivity contribution in [3.05, 3.63) is 30.0 Å². The van der Waals surface area contributed by atoms with Crippen LogP contribution in [0.25, 0.3) is 10.8 Å². The quantitative estimate of drug-likeness (QED) is 0.665. The van der Waals surface area contributed by atoms with E-state index in [1.54, 1.807) is 24.4 Å². The molecular weight excluding hydrogens is 350 g/mol. The number of pyridine rings is 1. The predicted molar refractivity (Wildman–Crippen MR) is 98.6 cm³/mol. The molecule has 1 saturated heterocycles. The number of primary amides is 1. The number of nitrogens with two attached hydrogens (primary N) is 1. The highest BCUT2D eigenvalue weighted by Gasteiger charge is 2.32. The van der Waals surface area contributed by atoms with Crippen molar-refractivity contribution in [2.24, 2.45) is 11.7 Å². The molecule has 1 aromatic carbocycles. The number of aliphatic hydroxyl groups is 1. The van der Waals surface area contributed by atoms with Gasteiger partial charge in [-0.25, -0.2) is 4.98 Å². The first-order chi connectivity index (χ1) is 12.9. The summed E-state index contributed by atoms with van der Waals surface area (Å²) in [7, 11) is 0. The number of fused-ring (bicyclic) bond motifs is 1. The first kappa shape index (κ1) is 18.9. The number of rotatable bonds is 7. The van der Waals surface area contributed by atoms with Crippen molar-refractivity contribution >= 4 is 22.6 Å². The topological polar surface area (TPSA) is 124 Å². The van der Waals surface area contributed by atoms with Crippen LogP contribution in [0.1, 0.15) is 30.6 Å². The van der Waals surface area contributed by atoms with Crippen LogP contribution in [0, 0.1) is 5.92 Å². The highest BCUT2D eigenvalue weighted by Crippen LogP contribution is 2.31. The average molecular weight is 373 g/mol. The molecule has 0 spiro atoms. The zero-order valence-electron chi connectivity index (χ0n) is 15.3. The minimum Gasteiger partial charge on any atom is -0.490 e. The van der Waals surface area contributed by atoms with E-state index in [-0.39, 0.29) is 49.2 Å². The molecule has 27 heavy (non-hydrogen) atoms. The highest BCUT2D eigenvalue weighted by atomic mass is 16.5. The molecule has 1 aliphatic heterocycles. The van der Waals surface area contributed by atoms with Gasteiger partial charge in [0, 0.05) is 30.5 Å². The Morgan fingerprint density at radius 2 is 2.22 bits per heavy atom. The van der Waals surface area contributed by atoms with E-state index < -0.39 is 5.91 Å². The molecule has 8 heteroatoms. The van der Waals surface area contributed by atoms with Crippen LogP contribution in [0.5, 0.6) is 11.6 Å². The molecule has 4 N–H and O–H groups in total. The van der Waals surface area contributed by atoms with Crippen LogP contribution in [-0.2, 0) is 4.79 Å². The molecule has 1 unspecified atom stereocenters. The van der Waals surface area contributed by atoms with Crippen molar-refractivity contribution in [1.82, 2.24) is 10.3 Å². The van der Waals surface area contributed by atoms with E-state index in [4.69, 9.17) is 15.2 Å². The van der Waals surface area contributed by atoms with Crippen molar-refractivity contribution in [3.8, 4) is 11.6 Å². The van der Waals surface area contributed by atoms with Gasteiger partial charge in [-0.2, -0.15) is 0 Å². The van der Waals surface area contributed by atoms with Crippen LogP contribution >= 0.6 is 0 Å². The molecule has 8 nitrogen and oxygen atoms in total. The number of benzene rings is 1. The number of carbonyl (C=O) groups is 2. The highest BCUT2D eigenvalue weighted by molar-refractivity contribution is 6.01. The van der Waals surface area contributed by atoms with E-state index in [1.165, 1.54) is 0 Å². The van der Waals surface area contributed by atoms with Gasteiger partial charge in [-0.3, -0.25) is 9.59 Å². The molecule has 144 valence electrons. The van der Waals surface area contributed by atoms with Crippen molar-refractivity contribution in [2.75, 3.05) is 13.2 Å². The number of ether oxygens (including phenoxy) is 2. The SMILES string of the molecule is CC(C)Oc1cc2c(OC[C@H]3NC(=O)CC3CO)nccc2cc1C(N)=O. The predicted octanol–water partition coefficient (Wildman–Crippen LogP) is 0.997. The molecule has 0 bridgehead atoms. The second-order valence-corrected chi connectivity index (χ2v) is 6.85. The fraction of sp³-hybridized carbons (Fsp3) is 0.421. The molecule has 1 aromatic heterocycles. The van der Waals surface area contributed by atoms with Crippen molar-refractivity contribution in [3.63, 3.8) is 0 Å². The van der Waals surface area contributed by atoms with Gasteiger partial charge in [0.05, 0.1) is 17.7 Å². The second-order valence-electron chi connectivity index (χ2n) is 6.85. The maximum atomic E-state index is 11.8.